The van der Waals surface area contributed by atoms with Crippen LogP contribution in [0.4, 0.5) is 5.69 Å². The summed E-state index contributed by atoms with van der Waals surface area (Å²) >= 11 is 0. The van der Waals surface area contributed by atoms with Gasteiger partial charge in [0.2, 0.25) is 0 Å². The summed E-state index contributed by atoms with van der Waals surface area (Å²) in [7, 11) is 0. The van der Waals surface area contributed by atoms with E-state index in [2.05, 4.69) is 5.10 Å². The van der Waals surface area contributed by atoms with Gasteiger partial charge in [0.15, 0.2) is 0 Å². The zero-order chi connectivity index (χ0) is 22.7. The van der Waals surface area contributed by atoms with Crippen molar-refractivity contribution in [2.45, 2.75) is 26.6 Å². The summed E-state index contributed by atoms with van der Waals surface area (Å²) < 4.78 is 0. The van der Waals surface area contributed by atoms with Crippen molar-refractivity contribution < 1.29 is 9.72 Å². The van der Waals surface area contributed by atoms with Gasteiger partial charge in [0.05, 0.1) is 17.2 Å². The Balaban J connectivity index is 1.71. The molecule has 0 bridgehead atoms. The molecule has 3 aromatic carbocycles. The molecule has 7 heteroatoms. The Morgan fingerprint density at radius 1 is 1.03 bits per heavy atom. The normalized spacial score (nSPS) is 17.1. The quantitative estimate of drug-likeness (QED) is 0.325. The highest BCUT2D eigenvalue weighted by atomic mass is 16.6. The van der Waals surface area contributed by atoms with Crippen LogP contribution in [0.2, 0.25) is 0 Å². The Bertz CT molecular complexity index is 1140. The number of amides is 1. The van der Waals surface area contributed by atoms with E-state index >= 15 is 0 Å². The monoisotopic (exact) mass is 428 g/mol. The number of carbonyl (C=O) groups is 1. The molecule has 0 N–H and O–H groups in total. The Hall–Kier alpha value is -3.84. The fourth-order valence-electron chi connectivity index (χ4n) is 3.83. The van der Waals surface area contributed by atoms with Gasteiger partial charge in [-0.2, -0.15) is 5.10 Å². The minimum atomic E-state index is -0.455. The van der Waals surface area contributed by atoms with Gasteiger partial charge in [0, 0.05) is 18.7 Å². The summed E-state index contributed by atoms with van der Waals surface area (Å²) in [4.78, 5) is 25.7. The minimum Gasteiger partial charge on any atom is -0.271 e. The van der Waals surface area contributed by atoms with Crippen LogP contribution in [-0.4, -0.2) is 33.0 Å². The fraction of sp³-hybridized carbons (Fsp3) is 0.200. The molecule has 4 rings (SSSR count). The molecular formula is C25H24N4O3. The number of carbonyl (C=O) groups excluding carboxylic acids is 1. The van der Waals surface area contributed by atoms with Crippen LogP contribution in [-0.2, 0) is 11.3 Å². The van der Waals surface area contributed by atoms with Crippen molar-refractivity contribution in [3.8, 4) is 0 Å². The van der Waals surface area contributed by atoms with Crippen LogP contribution in [0.1, 0.15) is 35.3 Å². The molecule has 32 heavy (non-hydrogen) atoms. The van der Waals surface area contributed by atoms with Gasteiger partial charge in [-0.25, -0.2) is 5.01 Å². The van der Waals surface area contributed by atoms with Crippen molar-refractivity contribution in [3.63, 3.8) is 0 Å². The molecule has 0 aromatic heterocycles. The molecule has 0 unspecified atom stereocenters. The number of nitro benzene ring substituents is 1. The fourth-order valence-corrected chi connectivity index (χ4v) is 3.83. The van der Waals surface area contributed by atoms with Crippen LogP contribution in [0.15, 0.2) is 84.0 Å². The highest BCUT2D eigenvalue weighted by Gasteiger charge is 2.39. The summed E-state index contributed by atoms with van der Waals surface area (Å²) in [5.74, 6) is -0.115. The van der Waals surface area contributed by atoms with Crippen molar-refractivity contribution in [2.75, 3.05) is 6.54 Å². The molecule has 0 radical (unpaired) electrons. The molecule has 0 saturated carbocycles. The Morgan fingerprint density at radius 3 is 2.31 bits per heavy atom. The van der Waals surface area contributed by atoms with Crippen LogP contribution in [0, 0.1) is 17.0 Å². The van der Waals surface area contributed by atoms with E-state index < -0.39 is 11.1 Å². The molecule has 0 aliphatic carbocycles. The summed E-state index contributed by atoms with van der Waals surface area (Å²) in [6, 6.07) is 24.2. The molecule has 3 aromatic rings. The van der Waals surface area contributed by atoms with Gasteiger partial charge in [-0.3, -0.25) is 19.8 Å². The number of non-ortho nitro benzene ring substituents is 1. The Morgan fingerprint density at radius 2 is 1.69 bits per heavy atom. The Labute approximate surface area is 186 Å². The first-order valence-corrected chi connectivity index (χ1v) is 10.4. The molecule has 0 spiro atoms. The van der Waals surface area contributed by atoms with Crippen molar-refractivity contribution in [1.29, 1.82) is 0 Å². The molecule has 1 amide bonds. The lowest BCUT2D eigenvalue weighted by Crippen LogP contribution is -2.29. The van der Waals surface area contributed by atoms with E-state index in [9.17, 15) is 14.9 Å². The smallest absolute Gasteiger partial charge is 0.269 e. The average molecular weight is 428 g/mol. The molecule has 1 atom stereocenters. The molecule has 7 nitrogen and oxygen atoms in total. The van der Waals surface area contributed by atoms with Gasteiger partial charge >= 0.3 is 0 Å². The lowest BCUT2D eigenvalue weighted by molar-refractivity contribution is -0.384. The number of nitrogens with zero attached hydrogens (tertiary/aromatic N) is 4. The van der Waals surface area contributed by atoms with E-state index in [1.165, 1.54) is 17.1 Å². The van der Waals surface area contributed by atoms with E-state index in [4.69, 9.17) is 0 Å². The van der Waals surface area contributed by atoms with Gasteiger partial charge in [-0.05, 0) is 42.7 Å². The number of rotatable bonds is 6. The van der Waals surface area contributed by atoms with Crippen molar-refractivity contribution in [3.05, 3.63) is 111 Å². The first-order valence-electron chi connectivity index (χ1n) is 10.4. The van der Waals surface area contributed by atoms with Crippen molar-refractivity contribution in [1.82, 2.24) is 9.91 Å². The highest BCUT2D eigenvalue weighted by Crippen LogP contribution is 2.33. The van der Waals surface area contributed by atoms with Gasteiger partial charge in [0.1, 0.15) is 6.17 Å². The molecule has 1 heterocycles. The molecule has 1 fully saturated rings. The number of hydrazone groups is 1. The predicted octanol–water partition coefficient (Wildman–Crippen LogP) is 4.67. The topological polar surface area (TPSA) is 79.0 Å². The minimum absolute atomic E-state index is 0.0126. The van der Waals surface area contributed by atoms with Crippen LogP contribution >= 0.6 is 0 Å². The van der Waals surface area contributed by atoms with E-state index in [1.807, 2.05) is 73.3 Å². The molecular weight excluding hydrogens is 404 g/mol. The van der Waals surface area contributed by atoms with Gasteiger partial charge < -0.3 is 0 Å². The highest BCUT2D eigenvalue weighted by molar-refractivity contribution is 5.99. The second kappa shape index (κ2) is 9.11. The number of hydrogen-bond donors (Lipinski definition) is 0. The van der Waals surface area contributed by atoms with Gasteiger partial charge in [-0.1, -0.05) is 60.2 Å². The number of hydrogen-bond acceptors (Lipinski definition) is 5. The van der Waals surface area contributed by atoms with Crippen LogP contribution in [0.3, 0.4) is 0 Å². The first-order chi connectivity index (χ1) is 15.4. The third kappa shape index (κ3) is 4.58. The van der Waals surface area contributed by atoms with Crippen LogP contribution in [0.25, 0.3) is 0 Å². The SMILES string of the molecule is C/C(=N/N1C(=O)CN(Cc2ccccc2)[C@@H]1c1ccc([N+](=O)[O-])cc1)c1ccc(C)cc1. The van der Waals surface area contributed by atoms with Crippen molar-refractivity contribution in [2.24, 2.45) is 5.10 Å². The standard InChI is InChI=1S/C25H24N4O3/c1-18-8-10-21(11-9-18)19(2)26-28-24(30)17-27(16-20-6-4-3-5-7-20)25(28)22-12-14-23(15-13-22)29(31)32/h3-15,25H,16-17H2,1-2H3/b26-19-/t25-/m0/s1. The maximum atomic E-state index is 13.0. The summed E-state index contributed by atoms with van der Waals surface area (Å²) in [5.41, 5.74) is 4.68. The predicted molar refractivity (Wildman–Crippen MR) is 123 cm³/mol. The Kier molecular flexibility index (Phi) is 6.09. The van der Waals surface area contributed by atoms with Crippen LogP contribution in [0.5, 0.6) is 0 Å². The number of benzene rings is 3. The number of nitro groups is 1. The number of aryl methyl sites for hydroxylation is 1. The zero-order valence-electron chi connectivity index (χ0n) is 18.0. The molecule has 1 aliphatic heterocycles. The summed E-state index contributed by atoms with van der Waals surface area (Å²) in [5, 5.41) is 17.3. The van der Waals surface area contributed by atoms with Gasteiger partial charge in [0.25, 0.3) is 11.6 Å². The van der Waals surface area contributed by atoms with Crippen molar-refractivity contribution >= 4 is 17.3 Å². The first kappa shape index (κ1) is 21.4. The van der Waals surface area contributed by atoms with E-state index in [1.54, 1.807) is 12.1 Å². The molecule has 162 valence electrons. The lowest BCUT2D eigenvalue weighted by atomic mass is 10.1. The second-order valence-corrected chi connectivity index (χ2v) is 7.90. The lowest BCUT2D eigenvalue weighted by Gasteiger charge is -2.28. The summed E-state index contributed by atoms with van der Waals surface area (Å²) in [6.07, 6.45) is -0.455. The molecule has 1 aliphatic rings. The van der Waals surface area contributed by atoms with Gasteiger partial charge in [-0.15, -0.1) is 0 Å². The largest absolute Gasteiger partial charge is 0.271 e. The molecule has 1 saturated heterocycles. The van der Waals surface area contributed by atoms with Crippen LogP contribution < -0.4 is 0 Å². The van der Waals surface area contributed by atoms with E-state index in [0.29, 0.717) is 6.54 Å². The maximum Gasteiger partial charge on any atom is 0.269 e. The third-order valence-corrected chi connectivity index (χ3v) is 5.53. The maximum absolute atomic E-state index is 13.0. The average Bonchev–Trinajstić information content (AvgIpc) is 3.09. The second-order valence-electron chi connectivity index (χ2n) is 7.90. The zero-order valence-corrected chi connectivity index (χ0v) is 18.0. The van der Waals surface area contributed by atoms with E-state index in [0.717, 1.165) is 28.0 Å². The summed E-state index contributed by atoms with van der Waals surface area (Å²) in [6.45, 7) is 4.67. The van der Waals surface area contributed by atoms with E-state index in [-0.39, 0.29) is 18.1 Å². The third-order valence-electron chi connectivity index (χ3n) is 5.53.